The Hall–Kier alpha value is -1.14. The van der Waals surface area contributed by atoms with Crippen molar-refractivity contribution in [2.75, 3.05) is 33.3 Å². The van der Waals surface area contributed by atoms with Crippen molar-refractivity contribution in [2.45, 2.75) is 18.9 Å². The maximum atomic E-state index is 11.4. The molecule has 0 aliphatic carbocycles. The van der Waals surface area contributed by atoms with E-state index in [1.807, 2.05) is 0 Å². The van der Waals surface area contributed by atoms with Gasteiger partial charge in [0.25, 0.3) is 0 Å². The molecule has 1 aliphatic rings. The molecule has 1 rings (SSSR count). The summed E-state index contributed by atoms with van der Waals surface area (Å²) < 4.78 is 5.42. The number of rotatable bonds is 5. The average Bonchev–Trinajstić information content (AvgIpc) is 2.26. The normalized spacial score (nSPS) is 17.1. The van der Waals surface area contributed by atoms with Crippen LogP contribution < -0.4 is 5.32 Å². The van der Waals surface area contributed by atoms with Crippen LogP contribution in [-0.4, -0.2) is 61.3 Å². The zero-order chi connectivity index (χ0) is 12.0. The van der Waals surface area contributed by atoms with Crippen molar-refractivity contribution in [2.24, 2.45) is 0 Å². The number of ether oxygens (including phenoxy) is 1. The zero-order valence-corrected chi connectivity index (χ0v) is 9.44. The monoisotopic (exact) mass is 230 g/mol. The Kier molecular flexibility index (Phi) is 5.21. The van der Waals surface area contributed by atoms with Crippen LogP contribution in [0.4, 0.5) is 0 Å². The summed E-state index contributed by atoms with van der Waals surface area (Å²) in [5.74, 6) is -1.31. The summed E-state index contributed by atoms with van der Waals surface area (Å²) in [5.41, 5.74) is 0. The summed E-state index contributed by atoms with van der Waals surface area (Å²) in [7, 11) is 1.46. The number of carbonyl (C=O) groups excluding carboxylic acids is 1. The molecular weight excluding hydrogens is 212 g/mol. The SMILES string of the molecule is CN(CC(=O)O)C(=O)COC1CCNCC1. The number of nitrogens with zero attached hydrogens (tertiary/aromatic N) is 1. The first kappa shape index (κ1) is 12.9. The lowest BCUT2D eigenvalue weighted by Crippen LogP contribution is -2.38. The third-order valence-electron chi connectivity index (χ3n) is 2.53. The van der Waals surface area contributed by atoms with Crippen molar-refractivity contribution in [3.05, 3.63) is 0 Å². The van der Waals surface area contributed by atoms with Crippen molar-refractivity contribution in [3.63, 3.8) is 0 Å². The van der Waals surface area contributed by atoms with Gasteiger partial charge < -0.3 is 20.1 Å². The molecule has 1 heterocycles. The third-order valence-corrected chi connectivity index (χ3v) is 2.53. The van der Waals surface area contributed by atoms with Crippen LogP contribution in [0.15, 0.2) is 0 Å². The second-order valence-electron chi connectivity index (χ2n) is 3.90. The molecule has 92 valence electrons. The van der Waals surface area contributed by atoms with Crippen LogP contribution in [0, 0.1) is 0 Å². The molecule has 0 bridgehead atoms. The van der Waals surface area contributed by atoms with Crippen molar-refractivity contribution >= 4 is 11.9 Å². The molecule has 0 radical (unpaired) electrons. The van der Waals surface area contributed by atoms with Crippen molar-refractivity contribution in [1.82, 2.24) is 10.2 Å². The number of carbonyl (C=O) groups is 2. The molecule has 1 amide bonds. The van der Waals surface area contributed by atoms with Gasteiger partial charge in [0, 0.05) is 7.05 Å². The largest absolute Gasteiger partial charge is 0.480 e. The predicted octanol–water partition coefficient (Wildman–Crippen LogP) is -0.702. The van der Waals surface area contributed by atoms with E-state index in [-0.39, 0.29) is 25.2 Å². The van der Waals surface area contributed by atoms with E-state index >= 15 is 0 Å². The Labute approximate surface area is 94.6 Å². The molecule has 0 atom stereocenters. The van der Waals surface area contributed by atoms with E-state index in [9.17, 15) is 9.59 Å². The first-order valence-corrected chi connectivity index (χ1v) is 5.37. The highest BCUT2D eigenvalue weighted by atomic mass is 16.5. The van der Waals surface area contributed by atoms with E-state index in [1.165, 1.54) is 7.05 Å². The number of likely N-dealkylation sites (N-methyl/N-ethyl adjacent to an activating group) is 1. The average molecular weight is 230 g/mol. The fraction of sp³-hybridized carbons (Fsp3) is 0.800. The molecule has 1 aliphatic heterocycles. The number of aliphatic carboxylic acids is 1. The van der Waals surface area contributed by atoms with Crippen molar-refractivity contribution < 1.29 is 19.4 Å². The molecule has 6 heteroatoms. The van der Waals surface area contributed by atoms with Gasteiger partial charge in [0.15, 0.2) is 0 Å². The summed E-state index contributed by atoms with van der Waals surface area (Å²) in [6, 6.07) is 0. The fourth-order valence-electron chi connectivity index (χ4n) is 1.55. The van der Waals surface area contributed by atoms with E-state index in [2.05, 4.69) is 5.32 Å². The number of amides is 1. The lowest BCUT2D eigenvalue weighted by Gasteiger charge is -2.23. The van der Waals surface area contributed by atoms with Gasteiger partial charge in [-0.1, -0.05) is 0 Å². The van der Waals surface area contributed by atoms with Crippen molar-refractivity contribution in [1.29, 1.82) is 0 Å². The Bertz CT molecular complexity index is 251. The third kappa shape index (κ3) is 4.59. The summed E-state index contributed by atoms with van der Waals surface area (Å²) in [6.45, 7) is 1.50. The molecule has 0 unspecified atom stereocenters. The van der Waals surface area contributed by atoms with E-state index in [0.29, 0.717) is 0 Å². The Morgan fingerprint density at radius 1 is 1.44 bits per heavy atom. The van der Waals surface area contributed by atoms with Crippen LogP contribution in [0.25, 0.3) is 0 Å². The molecule has 0 aromatic carbocycles. The van der Waals surface area contributed by atoms with E-state index in [4.69, 9.17) is 9.84 Å². The van der Waals surface area contributed by atoms with E-state index < -0.39 is 5.97 Å². The Morgan fingerprint density at radius 3 is 2.62 bits per heavy atom. The van der Waals surface area contributed by atoms with Gasteiger partial charge in [-0.15, -0.1) is 0 Å². The van der Waals surface area contributed by atoms with E-state index in [0.717, 1.165) is 30.8 Å². The summed E-state index contributed by atoms with van der Waals surface area (Å²) in [4.78, 5) is 23.0. The molecule has 0 saturated carbocycles. The Balaban J connectivity index is 2.20. The van der Waals surface area contributed by atoms with Gasteiger partial charge in [0.05, 0.1) is 6.10 Å². The number of piperidine rings is 1. The van der Waals surface area contributed by atoms with Gasteiger partial charge in [-0.25, -0.2) is 0 Å². The van der Waals surface area contributed by atoms with Gasteiger partial charge in [-0.3, -0.25) is 9.59 Å². The number of hydrogen-bond donors (Lipinski definition) is 2. The molecule has 2 N–H and O–H groups in total. The van der Waals surface area contributed by atoms with Crippen LogP contribution in [0.2, 0.25) is 0 Å². The minimum absolute atomic E-state index is 0.0333. The quantitative estimate of drug-likeness (QED) is 0.653. The van der Waals surface area contributed by atoms with E-state index in [1.54, 1.807) is 0 Å². The minimum atomic E-state index is -1.02. The molecule has 0 aromatic heterocycles. The maximum absolute atomic E-state index is 11.4. The van der Waals surface area contributed by atoms with Crippen LogP contribution in [0.1, 0.15) is 12.8 Å². The number of carboxylic acids is 1. The highest BCUT2D eigenvalue weighted by molar-refractivity contribution is 5.81. The lowest BCUT2D eigenvalue weighted by molar-refractivity contribution is -0.146. The van der Waals surface area contributed by atoms with Crippen LogP contribution in [0.5, 0.6) is 0 Å². The summed E-state index contributed by atoms with van der Waals surface area (Å²) >= 11 is 0. The maximum Gasteiger partial charge on any atom is 0.323 e. The molecule has 1 saturated heterocycles. The molecule has 0 spiro atoms. The topological polar surface area (TPSA) is 78.9 Å². The van der Waals surface area contributed by atoms with Crippen LogP contribution >= 0.6 is 0 Å². The van der Waals surface area contributed by atoms with Gasteiger partial charge in [-0.2, -0.15) is 0 Å². The summed E-state index contributed by atoms with van der Waals surface area (Å²) in [5, 5.41) is 11.7. The molecule has 0 aromatic rings. The van der Waals surface area contributed by atoms with Crippen LogP contribution in [-0.2, 0) is 14.3 Å². The van der Waals surface area contributed by atoms with Crippen LogP contribution in [0.3, 0.4) is 0 Å². The fourth-order valence-corrected chi connectivity index (χ4v) is 1.55. The molecular formula is C10H18N2O4. The van der Waals surface area contributed by atoms with Gasteiger partial charge in [0.2, 0.25) is 5.91 Å². The molecule has 16 heavy (non-hydrogen) atoms. The molecule has 1 fully saturated rings. The minimum Gasteiger partial charge on any atom is -0.480 e. The van der Waals surface area contributed by atoms with Gasteiger partial charge >= 0.3 is 5.97 Å². The van der Waals surface area contributed by atoms with Gasteiger partial charge in [-0.05, 0) is 25.9 Å². The summed E-state index contributed by atoms with van der Waals surface area (Å²) in [6.07, 6.45) is 1.91. The Morgan fingerprint density at radius 2 is 2.06 bits per heavy atom. The standard InChI is InChI=1S/C10H18N2O4/c1-12(6-10(14)15)9(13)7-16-8-2-4-11-5-3-8/h8,11H,2-7H2,1H3,(H,14,15). The number of nitrogens with one attached hydrogen (secondary N) is 1. The zero-order valence-electron chi connectivity index (χ0n) is 9.44. The predicted molar refractivity (Wildman–Crippen MR) is 57.1 cm³/mol. The second kappa shape index (κ2) is 6.44. The molecule has 6 nitrogen and oxygen atoms in total. The first-order chi connectivity index (χ1) is 7.59. The van der Waals surface area contributed by atoms with Gasteiger partial charge in [0.1, 0.15) is 13.2 Å². The highest BCUT2D eigenvalue weighted by Gasteiger charge is 2.17. The van der Waals surface area contributed by atoms with Crippen molar-refractivity contribution in [3.8, 4) is 0 Å². The highest BCUT2D eigenvalue weighted by Crippen LogP contribution is 2.06. The first-order valence-electron chi connectivity index (χ1n) is 5.37. The second-order valence-corrected chi connectivity index (χ2v) is 3.90. The number of carboxylic acid groups (broad SMARTS) is 1. The number of hydrogen-bond acceptors (Lipinski definition) is 4. The smallest absolute Gasteiger partial charge is 0.323 e. The lowest BCUT2D eigenvalue weighted by atomic mass is 10.1.